The van der Waals surface area contributed by atoms with Crippen LogP contribution >= 0.6 is 11.3 Å². The number of amides is 1. The van der Waals surface area contributed by atoms with Gasteiger partial charge in [0.05, 0.1) is 16.7 Å². The fourth-order valence-electron chi connectivity index (χ4n) is 2.62. The predicted molar refractivity (Wildman–Crippen MR) is 105 cm³/mol. The molecule has 0 aliphatic carbocycles. The summed E-state index contributed by atoms with van der Waals surface area (Å²) >= 11 is 1.64. The Kier molecular flexibility index (Phi) is 6.46. The van der Waals surface area contributed by atoms with Crippen molar-refractivity contribution in [3.8, 4) is 11.3 Å². The molecule has 0 fully saturated rings. The third-order valence-electron chi connectivity index (χ3n) is 4.03. The van der Waals surface area contributed by atoms with Gasteiger partial charge in [-0.25, -0.2) is 4.98 Å². The fraction of sp³-hybridized carbons (Fsp3) is 0.250. The lowest BCUT2D eigenvalue weighted by Gasteiger charge is -2.12. The van der Waals surface area contributed by atoms with Crippen LogP contribution in [-0.4, -0.2) is 28.5 Å². The topological polar surface area (TPSA) is 80.9 Å². The normalized spacial score (nSPS) is 11.9. The van der Waals surface area contributed by atoms with Crippen molar-refractivity contribution in [1.29, 1.82) is 0 Å². The SMILES string of the molecule is NC(Cc1ccccc1)C(=O)NCCCc1nc(-c2ccncc2)cs1. The Labute approximate surface area is 157 Å². The van der Waals surface area contributed by atoms with E-state index < -0.39 is 6.04 Å². The van der Waals surface area contributed by atoms with E-state index in [9.17, 15) is 4.79 Å². The highest BCUT2D eigenvalue weighted by Crippen LogP contribution is 2.21. The van der Waals surface area contributed by atoms with Crippen LogP contribution in [0.3, 0.4) is 0 Å². The fourth-order valence-corrected chi connectivity index (χ4v) is 3.47. The number of rotatable bonds is 8. The van der Waals surface area contributed by atoms with E-state index in [-0.39, 0.29) is 5.91 Å². The molecule has 2 heterocycles. The average molecular weight is 366 g/mol. The molecule has 6 heteroatoms. The number of nitrogens with zero attached hydrogens (tertiary/aromatic N) is 2. The Bertz CT molecular complexity index is 820. The molecule has 0 aliphatic heterocycles. The van der Waals surface area contributed by atoms with Crippen LogP contribution in [0.4, 0.5) is 0 Å². The Morgan fingerprint density at radius 1 is 1.15 bits per heavy atom. The van der Waals surface area contributed by atoms with Crippen molar-refractivity contribution in [2.24, 2.45) is 5.73 Å². The van der Waals surface area contributed by atoms with E-state index in [0.29, 0.717) is 13.0 Å². The van der Waals surface area contributed by atoms with E-state index in [2.05, 4.69) is 20.7 Å². The van der Waals surface area contributed by atoms with Crippen molar-refractivity contribution in [3.05, 3.63) is 70.8 Å². The maximum atomic E-state index is 12.1. The van der Waals surface area contributed by atoms with Crippen molar-refractivity contribution in [2.45, 2.75) is 25.3 Å². The standard InChI is InChI=1S/C20H22N4OS/c21-17(13-15-5-2-1-3-6-15)20(25)23-10-4-7-19-24-18(14-26-19)16-8-11-22-12-9-16/h1-3,5-6,8-9,11-12,14,17H,4,7,10,13,21H2,(H,23,25). The number of pyridine rings is 1. The van der Waals surface area contributed by atoms with Gasteiger partial charge in [0, 0.05) is 36.3 Å². The van der Waals surface area contributed by atoms with Crippen LogP contribution in [0, 0.1) is 0 Å². The summed E-state index contributed by atoms with van der Waals surface area (Å²) in [4.78, 5) is 20.8. The van der Waals surface area contributed by atoms with Gasteiger partial charge in [0.15, 0.2) is 0 Å². The number of hydrogen-bond acceptors (Lipinski definition) is 5. The van der Waals surface area contributed by atoms with Crippen LogP contribution in [0.1, 0.15) is 17.0 Å². The Morgan fingerprint density at radius 3 is 2.69 bits per heavy atom. The quantitative estimate of drug-likeness (QED) is 0.601. The highest BCUT2D eigenvalue weighted by molar-refractivity contribution is 7.09. The van der Waals surface area contributed by atoms with Gasteiger partial charge < -0.3 is 11.1 Å². The lowest BCUT2D eigenvalue weighted by Crippen LogP contribution is -2.42. The molecule has 0 bridgehead atoms. The first-order valence-corrected chi connectivity index (χ1v) is 9.52. The highest BCUT2D eigenvalue weighted by atomic mass is 32.1. The van der Waals surface area contributed by atoms with Crippen LogP contribution in [0.25, 0.3) is 11.3 Å². The third kappa shape index (κ3) is 5.21. The summed E-state index contributed by atoms with van der Waals surface area (Å²) in [7, 11) is 0. The van der Waals surface area contributed by atoms with Crippen molar-refractivity contribution in [2.75, 3.05) is 6.54 Å². The van der Waals surface area contributed by atoms with Crippen LogP contribution in [0.5, 0.6) is 0 Å². The van der Waals surface area contributed by atoms with Crippen molar-refractivity contribution in [1.82, 2.24) is 15.3 Å². The summed E-state index contributed by atoms with van der Waals surface area (Å²) in [6, 6.07) is 13.2. The van der Waals surface area contributed by atoms with Crippen molar-refractivity contribution < 1.29 is 4.79 Å². The lowest BCUT2D eigenvalue weighted by atomic mass is 10.1. The molecule has 0 spiro atoms. The molecule has 26 heavy (non-hydrogen) atoms. The number of nitrogens with one attached hydrogen (secondary N) is 1. The number of hydrogen-bond donors (Lipinski definition) is 2. The van der Waals surface area contributed by atoms with Crippen LogP contribution in [0.2, 0.25) is 0 Å². The maximum absolute atomic E-state index is 12.1. The molecule has 3 rings (SSSR count). The molecule has 2 aromatic heterocycles. The van der Waals surface area contributed by atoms with E-state index in [1.165, 1.54) is 0 Å². The molecule has 134 valence electrons. The first-order chi connectivity index (χ1) is 12.7. The van der Waals surface area contributed by atoms with E-state index in [4.69, 9.17) is 5.73 Å². The number of aryl methyl sites for hydroxylation is 1. The first kappa shape index (κ1) is 18.2. The molecule has 1 aromatic carbocycles. The smallest absolute Gasteiger partial charge is 0.237 e. The van der Waals surface area contributed by atoms with E-state index in [1.807, 2.05) is 42.5 Å². The maximum Gasteiger partial charge on any atom is 0.237 e. The summed E-state index contributed by atoms with van der Waals surface area (Å²) in [6.07, 6.45) is 5.76. The molecule has 0 saturated heterocycles. The molecular weight excluding hydrogens is 344 g/mol. The molecular formula is C20H22N4OS. The second kappa shape index (κ2) is 9.22. The molecule has 0 aliphatic rings. The number of carbonyl (C=O) groups is 1. The number of carbonyl (C=O) groups excluding carboxylic acids is 1. The zero-order valence-electron chi connectivity index (χ0n) is 14.5. The zero-order valence-corrected chi connectivity index (χ0v) is 15.3. The summed E-state index contributed by atoms with van der Waals surface area (Å²) < 4.78 is 0. The van der Waals surface area contributed by atoms with Gasteiger partial charge in [0.2, 0.25) is 5.91 Å². The summed E-state index contributed by atoms with van der Waals surface area (Å²) in [5.41, 5.74) is 9.10. The van der Waals surface area contributed by atoms with Crippen molar-refractivity contribution in [3.63, 3.8) is 0 Å². The third-order valence-corrected chi connectivity index (χ3v) is 4.94. The molecule has 0 radical (unpaired) electrons. The summed E-state index contributed by atoms with van der Waals surface area (Å²) in [6.45, 7) is 0.603. The molecule has 3 aromatic rings. The first-order valence-electron chi connectivity index (χ1n) is 8.64. The average Bonchev–Trinajstić information content (AvgIpc) is 3.15. The predicted octanol–water partition coefficient (Wildman–Crippen LogP) is 2.82. The summed E-state index contributed by atoms with van der Waals surface area (Å²) in [5.74, 6) is -0.106. The Balaban J connectivity index is 1.40. The van der Waals surface area contributed by atoms with Gasteiger partial charge in [-0.1, -0.05) is 30.3 Å². The van der Waals surface area contributed by atoms with E-state index >= 15 is 0 Å². The van der Waals surface area contributed by atoms with Crippen molar-refractivity contribution >= 4 is 17.2 Å². The van der Waals surface area contributed by atoms with Gasteiger partial charge in [0.25, 0.3) is 0 Å². The van der Waals surface area contributed by atoms with Gasteiger partial charge >= 0.3 is 0 Å². The molecule has 1 amide bonds. The number of thiazole rings is 1. The van der Waals surface area contributed by atoms with Gasteiger partial charge in [-0.05, 0) is 30.5 Å². The highest BCUT2D eigenvalue weighted by Gasteiger charge is 2.13. The largest absolute Gasteiger partial charge is 0.355 e. The van der Waals surface area contributed by atoms with Gasteiger partial charge in [-0.3, -0.25) is 9.78 Å². The number of nitrogens with two attached hydrogens (primary N) is 1. The van der Waals surface area contributed by atoms with Gasteiger partial charge in [-0.15, -0.1) is 11.3 Å². The number of benzene rings is 1. The van der Waals surface area contributed by atoms with E-state index in [1.54, 1.807) is 23.7 Å². The summed E-state index contributed by atoms with van der Waals surface area (Å²) in [5, 5.41) is 6.04. The number of aromatic nitrogens is 2. The van der Waals surface area contributed by atoms with Gasteiger partial charge in [-0.2, -0.15) is 0 Å². The minimum atomic E-state index is -0.518. The molecule has 0 saturated carbocycles. The lowest BCUT2D eigenvalue weighted by molar-refractivity contribution is -0.122. The van der Waals surface area contributed by atoms with Gasteiger partial charge in [0.1, 0.15) is 0 Å². The molecule has 1 atom stereocenters. The second-order valence-electron chi connectivity index (χ2n) is 6.05. The monoisotopic (exact) mass is 366 g/mol. The Morgan fingerprint density at radius 2 is 1.92 bits per heavy atom. The van der Waals surface area contributed by atoms with Crippen LogP contribution < -0.4 is 11.1 Å². The minimum Gasteiger partial charge on any atom is -0.355 e. The second-order valence-corrected chi connectivity index (χ2v) is 7.00. The Hall–Kier alpha value is -2.57. The minimum absolute atomic E-state index is 0.106. The molecule has 3 N–H and O–H groups in total. The van der Waals surface area contributed by atoms with Crippen LogP contribution in [0.15, 0.2) is 60.2 Å². The van der Waals surface area contributed by atoms with Crippen LogP contribution in [-0.2, 0) is 17.6 Å². The molecule has 5 nitrogen and oxygen atoms in total. The molecule has 1 unspecified atom stereocenters. The zero-order chi connectivity index (χ0) is 18.2. The van der Waals surface area contributed by atoms with E-state index in [0.717, 1.165) is 34.7 Å².